The van der Waals surface area contributed by atoms with Crippen LogP contribution in [-0.4, -0.2) is 17.0 Å². The maximum atomic E-state index is 13.1. The Morgan fingerprint density at radius 2 is 2.05 bits per heavy atom. The molecule has 7 heteroatoms. The second-order valence-corrected chi connectivity index (χ2v) is 4.53. The van der Waals surface area contributed by atoms with Gasteiger partial charge in [0, 0.05) is 6.07 Å². The third-order valence-electron chi connectivity index (χ3n) is 2.77. The van der Waals surface area contributed by atoms with E-state index in [4.69, 9.17) is 4.52 Å². The largest absolute Gasteiger partial charge is 0.360 e. The molecule has 2 aromatic rings. The van der Waals surface area contributed by atoms with Gasteiger partial charge in [0.1, 0.15) is 11.6 Å². The number of aromatic nitrogens is 1. The molecule has 0 aliphatic heterocycles. The molecule has 2 N–H and O–H groups in total. The molecule has 110 valence electrons. The minimum atomic E-state index is -0.869. The highest BCUT2D eigenvalue weighted by molar-refractivity contribution is 6.39. The number of halogens is 1. The van der Waals surface area contributed by atoms with Gasteiger partial charge in [-0.1, -0.05) is 17.3 Å². The standard InChI is InChI=1S/C14H14FN3O3/c1-8-6-12(18-21-8)17-14(20)13(19)16-9(2)10-4-3-5-11(15)7-10/h3-7,9H,1-2H3,(H,16,19)(H,17,18,20)/t9-/m1/s1. The van der Waals surface area contributed by atoms with Crippen LogP contribution < -0.4 is 10.6 Å². The number of nitrogens with one attached hydrogen (secondary N) is 2. The molecule has 1 aromatic heterocycles. The molecule has 0 spiro atoms. The molecule has 1 atom stereocenters. The van der Waals surface area contributed by atoms with Crippen LogP contribution in [0.4, 0.5) is 10.2 Å². The van der Waals surface area contributed by atoms with Crippen molar-refractivity contribution in [2.45, 2.75) is 19.9 Å². The van der Waals surface area contributed by atoms with Crippen LogP contribution in [0.25, 0.3) is 0 Å². The minimum Gasteiger partial charge on any atom is -0.360 e. The maximum Gasteiger partial charge on any atom is 0.314 e. The molecule has 0 bridgehead atoms. The fraction of sp³-hybridized carbons (Fsp3) is 0.214. The van der Waals surface area contributed by atoms with Gasteiger partial charge in [-0.15, -0.1) is 0 Å². The normalized spacial score (nSPS) is 11.8. The predicted molar refractivity (Wildman–Crippen MR) is 72.8 cm³/mol. The van der Waals surface area contributed by atoms with E-state index in [1.807, 2.05) is 0 Å². The first-order valence-electron chi connectivity index (χ1n) is 6.26. The summed E-state index contributed by atoms with van der Waals surface area (Å²) in [6, 6.07) is 6.78. The predicted octanol–water partition coefficient (Wildman–Crippen LogP) is 1.94. The molecule has 0 unspecified atom stereocenters. The average molecular weight is 291 g/mol. The molecule has 0 saturated carbocycles. The minimum absolute atomic E-state index is 0.158. The van der Waals surface area contributed by atoms with Gasteiger partial charge in [0.15, 0.2) is 5.82 Å². The molecular weight excluding hydrogens is 277 g/mol. The lowest BCUT2D eigenvalue weighted by molar-refractivity contribution is -0.136. The van der Waals surface area contributed by atoms with Crippen LogP contribution in [0.1, 0.15) is 24.3 Å². The molecular formula is C14H14FN3O3. The number of nitrogens with zero attached hydrogens (tertiary/aromatic N) is 1. The van der Waals surface area contributed by atoms with Gasteiger partial charge in [-0.25, -0.2) is 4.39 Å². The Kier molecular flexibility index (Phi) is 4.32. The zero-order valence-electron chi connectivity index (χ0n) is 11.5. The van der Waals surface area contributed by atoms with Crippen molar-refractivity contribution in [1.82, 2.24) is 10.5 Å². The number of benzene rings is 1. The van der Waals surface area contributed by atoms with Crippen LogP contribution >= 0.6 is 0 Å². The number of carbonyl (C=O) groups excluding carboxylic acids is 2. The number of hydrogen-bond acceptors (Lipinski definition) is 4. The van der Waals surface area contributed by atoms with E-state index in [9.17, 15) is 14.0 Å². The molecule has 2 rings (SSSR count). The van der Waals surface area contributed by atoms with Crippen LogP contribution in [0.3, 0.4) is 0 Å². The first-order valence-corrected chi connectivity index (χ1v) is 6.26. The van der Waals surface area contributed by atoms with Gasteiger partial charge in [0.2, 0.25) is 0 Å². The Morgan fingerprint density at radius 1 is 1.29 bits per heavy atom. The fourth-order valence-corrected chi connectivity index (χ4v) is 1.72. The lowest BCUT2D eigenvalue weighted by atomic mass is 10.1. The highest BCUT2D eigenvalue weighted by Gasteiger charge is 2.18. The van der Waals surface area contributed by atoms with Gasteiger partial charge in [0.05, 0.1) is 6.04 Å². The van der Waals surface area contributed by atoms with Crippen LogP contribution in [0, 0.1) is 12.7 Å². The van der Waals surface area contributed by atoms with Crippen molar-refractivity contribution in [2.24, 2.45) is 0 Å². The summed E-state index contributed by atoms with van der Waals surface area (Å²) in [4.78, 5) is 23.4. The van der Waals surface area contributed by atoms with Crippen LogP contribution in [-0.2, 0) is 9.59 Å². The zero-order valence-corrected chi connectivity index (χ0v) is 11.5. The van der Waals surface area contributed by atoms with Gasteiger partial charge in [0.25, 0.3) is 0 Å². The van der Waals surface area contributed by atoms with Crippen molar-refractivity contribution in [3.8, 4) is 0 Å². The topological polar surface area (TPSA) is 84.2 Å². The molecule has 0 radical (unpaired) electrons. The van der Waals surface area contributed by atoms with Crippen LogP contribution in [0.15, 0.2) is 34.9 Å². The zero-order chi connectivity index (χ0) is 15.4. The first kappa shape index (κ1) is 14.7. The van der Waals surface area contributed by atoms with Crippen LogP contribution in [0.5, 0.6) is 0 Å². The summed E-state index contributed by atoms with van der Waals surface area (Å²) in [5.74, 6) is -1.44. The number of amides is 2. The van der Waals surface area contributed by atoms with Crippen molar-refractivity contribution in [2.75, 3.05) is 5.32 Å². The Hall–Kier alpha value is -2.70. The van der Waals surface area contributed by atoms with E-state index < -0.39 is 23.7 Å². The van der Waals surface area contributed by atoms with E-state index in [1.165, 1.54) is 24.3 Å². The van der Waals surface area contributed by atoms with Crippen molar-refractivity contribution in [3.63, 3.8) is 0 Å². The average Bonchev–Trinajstić information content (AvgIpc) is 2.84. The van der Waals surface area contributed by atoms with E-state index in [1.54, 1.807) is 19.9 Å². The van der Waals surface area contributed by atoms with E-state index in [0.29, 0.717) is 11.3 Å². The number of anilines is 1. The first-order chi connectivity index (χ1) is 9.95. The second kappa shape index (κ2) is 6.17. The molecule has 0 fully saturated rings. The quantitative estimate of drug-likeness (QED) is 0.846. The van der Waals surface area contributed by atoms with Crippen molar-refractivity contribution < 1.29 is 18.5 Å². The van der Waals surface area contributed by atoms with Gasteiger partial charge in [-0.3, -0.25) is 14.9 Å². The second-order valence-electron chi connectivity index (χ2n) is 4.53. The fourth-order valence-electron chi connectivity index (χ4n) is 1.72. The smallest absolute Gasteiger partial charge is 0.314 e. The summed E-state index contributed by atoms with van der Waals surface area (Å²) in [6.07, 6.45) is 0. The Morgan fingerprint density at radius 3 is 2.67 bits per heavy atom. The van der Waals surface area contributed by atoms with E-state index in [2.05, 4.69) is 15.8 Å². The van der Waals surface area contributed by atoms with Gasteiger partial charge in [-0.05, 0) is 31.5 Å². The summed E-state index contributed by atoms with van der Waals surface area (Å²) in [7, 11) is 0. The summed E-state index contributed by atoms with van der Waals surface area (Å²) in [6.45, 7) is 3.31. The molecule has 0 aliphatic rings. The number of hydrogen-bond donors (Lipinski definition) is 2. The Balaban J connectivity index is 1.95. The van der Waals surface area contributed by atoms with E-state index in [0.717, 1.165) is 0 Å². The van der Waals surface area contributed by atoms with Crippen molar-refractivity contribution >= 4 is 17.6 Å². The SMILES string of the molecule is Cc1cc(NC(=O)C(=O)N[C@H](C)c2cccc(F)c2)no1. The third-order valence-corrected chi connectivity index (χ3v) is 2.77. The van der Waals surface area contributed by atoms with Crippen LogP contribution in [0.2, 0.25) is 0 Å². The maximum absolute atomic E-state index is 13.1. The molecule has 6 nitrogen and oxygen atoms in total. The molecule has 0 saturated heterocycles. The van der Waals surface area contributed by atoms with Crippen molar-refractivity contribution in [3.05, 3.63) is 47.5 Å². The van der Waals surface area contributed by atoms with Gasteiger partial charge < -0.3 is 9.84 Å². The molecule has 2 amide bonds. The molecule has 1 aromatic carbocycles. The molecule has 0 aliphatic carbocycles. The number of rotatable bonds is 3. The Bertz CT molecular complexity index is 669. The number of carbonyl (C=O) groups is 2. The highest BCUT2D eigenvalue weighted by atomic mass is 19.1. The number of aryl methyl sites for hydroxylation is 1. The molecule has 1 heterocycles. The van der Waals surface area contributed by atoms with Gasteiger partial charge >= 0.3 is 11.8 Å². The van der Waals surface area contributed by atoms with Crippen molar-refractivity contribution in [1.29, 1.82) is 0 Å². The van der Waals surface area contributed by atoms with Gasteiger partial charge in [-0.2, -0.15) is 0 Å². The molecule has 21 heavy (non-hydrogen) atoms. The lowest BCUT2D eigenvalue weighted by Crippen LogP contribution is -2.37. The lowest BCUT2D eigenvalue weighted by Gasteiger charge is -2.13. The van der Waals surface area contributed by atoms with E-state index >= 15 is 0 Å². The highest BCUT2D eigenvalue weighted by Crippen LogP contribution is 2.13. The summed E-state index contributed by atoms with van der Waals surface area (Å²) in [5.41, 5.74) is 0.563. The third kappa shape index (κ3) is 3.88. The summed E-state index contributed by atoms with van der Waals surface area (Å²) < 4.78 is 17.9. The van der Waals surface area contributed by atoms with E-state index in [-0.39, 0.29) is 5.82 Å². The summed E-state index contributed by atoms with van der Waals surface area (Å²) in [5, 5.41) is 8.33. The Labute approximate surface area is 120 Å². The monoisotopic (exact) mass is 291 g/mol. The summed E-state index contributed by atoms with van der Waals surface area (Å²) >= 11 is 0.